The zero-order chi connectivity index (χ0) is 22.3. The fourth-order valence-corrected chi connectivity index (χ4v) is 2.85. The lowest BCUT2D eigenvalue weighted by molar-refractivity contribution is -0.128. The Hall–Kier alpha value is -3.25. The zero-order valence-electron chi connectivity index (χ0n) is 17.6. The highest BCUT2D eigenvalue weighted by Gasteiger charge is 2.22. The van der Waals surface area contributed by atoms with Crippen LogP contribution in [0.5, 0.6) is 11.5 Å². The van der Waals surface area contributed by atoms with Crippen molar-refractivity contribution in [3.8, 4) is 17.6 Å². The summed E-state index contributed by atoms with van der Waals surface area (Å²) in [6.07, 6.45) is 2.15. The van der Waals surface area contributed by atoms with Crippen LogP contribution in [0.25, 0.3) is 6.08 Å². The third-order valence-corrected chi connectivity index (χ3v) is 5.03. The van der Waals surface area contributed by atoms with Gasteiger partial charge in [0.2, 0.25) is 5.13 Å². The quantitative estimate of drug-likeness (QED) is 0.504. The second-order valence-electron chi connectivity index (χ2n) is 7.35. The largest absolute Gasteiger partial charge is 0.493 e. The van der Waals surface area contributed by atoms with Gasteiger partial charge in [0.1, 0.15) is 23.3 Å². The summed E-state index contributed by atoms with van der Waals surface area (Å²) in [5, 5.41) is 20.9. The van der Waals surface area contributed by atoms with Crippen LogP contribution < -0.4 is 14.8 Å². The van der Waals surface area contributed by atoms with Gasteiger partial charge in [-0.15, -0.1) is 10.2 Å². The van der Waals surface area contributed by atoms with Gasteiger partial charge in [-0.1, -0.05) is 45.1 Å². The average molecular weight is 429 g/mol. The van der Waals surface area contributed by atoms with E-state index >= 15 is 0 Å². The van der Waals surface area contributed by atoms with E-state index in [1.807, 2.05) is 33.8 Å². The first-order chi connectivity index (χ1) is 14.2. The fourth-order valence-electron chi connectivity index (χ4n) is 2.18. The van der Waals surface area contributed by atoms with Gasteiger partial charge in [-0.05, 0) is 30.2 Å². The highest BCUT2D eigenvalue weighted by Crippen LogP contribution is 2.29. The highest BCUT2D eigenvalue weighted by molar-refractivity contribution is 7.15. The van der Waals surface area contributed by atoms with Crippen LogP contribution in [0.1, 0.15) is 38.3 Å². The number of benzene rings is 1. The molecule has 158 valence electrons. The molecule has 1 aromatic heterocycles. The minimum Gasteiger partial charge on any atom is -0.493 e. The molecule has 1 aromatic carbocycles. The molecule has 0 unspecified atom stereocenters. The molecule has 1 heterocycles. The Kier molecular flexibility index (Phi) is 7.66. The van der Waals surface area contributed by atoms with Gasteiger partial charge >= 0.3 is 0 Å². The predicted molar refractivity (Wildman–Crippen MR) is 114 cm³/mol. The topological polar surface area (TPSA) is 114 Å². The maximum Gasteiger partial charge on any atom is 0.268 e. The monoisotopic (exact) mass is 428 g/mol. The summed E-state index contributed by atoms with van der Waals surface area (Å²) in [4.78, 5) is 24.5. The van der Waals surface area contributed by atoms with Gasteiger partial charge in [0, 0.05) is 5.41 Å². The van der Waals surface area contributed by atoms with E-state index in [9.17, 15) is 14.9 Å². The number of Topliss-reactive ketones (excluding diaryl/α,β-unsaturated/α-hetero) is 1. The first kappa shape index (κ1) is 23.0. The van der Waals surface area contributed by atoms with E-state index in [1.54, 1.807) is 18.2 Å². The van der Waals surface area contributed by atoms with E-state index in [1.165, 1.54) is 24.5 Å². The van der Waals surface area contributed by atoms with Crippen molar-refractivity contribution in [2.45, 2.75) is 34.1 Å². The van der Waals surface area contributed by atoms with Crippen LogP contribution in [-0.4, -0.2) is 35.6 Å². The van der Waals surface area contributed by atoms with Crippen molar-refractivity contribution in [3.63, 3.8) is 0 Å². The number of carbonyl (C=O) groups is 2. The summed E-state index contributed by atoms with van der Waals surface area (Å²) in [5.74, 6) is 0.169. The molecule has 0 saturated carbocycles. The average Bonchev–Trinajstić information content (AvgIpc) is 3.17. The van der Waals surface area contributed by atoms with Crippen molar-refractivity contribution in [1.82, 2.24) is 10.2 Å². The van der Waals surface area contributed by atoms with E-state index in [0.717, 1.165) is 5.01 Å². The molecule has 0 aliphatic carbocycles. The van der Waals surface area contributed by atoms with Gasteiger partial charge in [0.25, 0.3) is 5.91 Å². The standard InChI is InChI=1S/C21H24N4O4S/c1-6-18-24-25-20(30-18)23-19(27)14(11-22)9-13-7-8-15(16(10-13)28-5)29-12-17(26)21(2,3)4/h7-10H,6,12H2,1-5H3,(H,23,25,27)/b14-9-. The summed E-state index contributed by atoms with van der Waals surface area (Å²) in [7, 11) is 1.47. The summed E-state index contributed by atoms with van der Waals surface area (Å²) in [6.45, 7) is 7.32. The summed E-state index contributed by atoms with van der Waals surface area (Å²) < 4.78 is 10.9. The number of methoxy groups -OCH3 is 1. The number of rotatable bonds is 8. The first-order valence-electron chi connectivity index (χ1n) is 9.27. The number of hydrogen-bond donors (Lipinski definition) is 1. The van der Waals surface area contributed by atoms with Crippen molar-refractivity contribution >= 4 is 34.2 Å². The molecule has 0 spiro atoms. The van der Waals surface area contributed by atoms with Crippen LogP contribution in [0, 0.1) is 16.7 Å². The van der Waals surface area contributed by atoms with Crippen molar-refractivity contribution in [2.75, 3.05) is 19.0 Å². The fraction of sp³-hybridized carbons (Fsp3) is 0.381. The van der Waals surface area contributed by atoms with E-state index < -0.39 is 11.3 Å². The summed E-state index contributed by atoms with van der Waals surface area (Å²) in [5.41, 5.74) is -0.0306. The van der Waals surface area contributed by atoms with Crippen LogP contribution in [0.15, 0.2) is 23.8 Å². The maximum atomic E-state index is 12.4. The Balaban J connectivity index is 2.16. The molecule has 2 aromatic rings. The molecule has 0 atom stereocenters. The maximum absolute atomic E-state index is 12.4. The number of nitriles is 1. The number of nitrogens with one attached hydrogen (secondary N) is 1. The normalized spacial score (nSPS) is 11.5. The van der Waals surface area contributed by atoms with Gasteiger partial charge in [0.15, 0.2) is 17.3 Å². The third kappa shape index (κ3) is 6.12. The van der Waals surface area contributed by atoms with Gasteiger partial charge in [-0.25, -0.2) is 0 Å². The lowest BCUT2D eigenvalue weighted by Gasteiger charge is -2.17. The first-order valence-corrected chi connectivity index (χ1v) is 10.1. The van der Waals surface area contributed by atoms with Crippen molar-refractivity contribution in [2.24, 2.45) is 5.41 Å². The van der Waals surface area contributed by atoms with Crippen LogP contribution >= 0.6 is 11.3 Å². The molecule has 0 aliphatic rings. The number of ether oxygens (including phenoxy) is 2. The minimum absolute atomic E-state index is 0.0418. The number of anilines is 1. The highest BCUT2D eigenvalue weighted by atomic mass is 32.1. The number of amides is 1. The number of carbonyl (C=O) groups excluding carboxylic acids is 2. The smallest absolute Gasteiger partial charge is 0.268 e. The lowest BCUT2D eigenvalue weighted by atomic mass is 9.91. The van der Waals surface area contributed by atoms with Gasteiger partial charge < -0.3 is 9.47 Å². The van der Waals surface area contributed by atoms with Crippen molar-refractivity contribution < 1.29 is 19.1 Å². The van der Waals surface area contributed by atoms with E-state index in [4.69, 9.17) is 9.47 Å². The summed E-state index contributed by atoms with van der Waals surface area (Å²) in [6, 6.07) is 6.82. The van der Waals surface area contributed by atoms with E-state index in [-0.39, 0.29) is 18.0 Å². The molecule has 1 amide bonds. The number of ketones is 1. The molecular weight excluding hydrogens is 404 g/mol. The summed E-state index contributed by atoms with van der Waals surface area (Å²) >= 11 is 1.26. The molecule has 8 nitrogen and oxygen atoms in total. The Bertz CT molecular complexity index is 999. The third-order valence-electron chi connectivity index (χ3n) is 4.05. The Morgan fingerprint density at radius 1 is 1.27 bits per heavy atom. The zero-order valence-corrected chi connectivity index (χ0v) is 18.4. The second-order valence-corrected chi connectivity index (χ2v) is 8.41. The number of hydrogen-bond acceptors (Lipinski definition) is 8. The molecule has 0 saturated heterocycles. The number of aryl methyl sites for hydroxylation is 1. The van der Waals surface area contributed by atoms with Crippen molar-refractivity contribution in [3.05, 3.63) is 34.3 Å². The van der Waals surface area contributed by atoms with Gasteiger partial charge in [-0.2, -0.15) is 5.26 Å². The molecule has 30 heavy (non-hydrogen) atoms. The Labute approximate surface area is 179 Å². The van der Waals surface area contributed by atoms with Crippen molar-refractivity contribution in [1.29, 1.82) is 5.26 Å². The van der Waals surface area contributed by atoms with E-state index in [2.05, 4.69) is 15.5 Å². The molecule has 0 bridgehead atoms. The lowest BCUT2D eigenvalue weighted by Crippen LogP contribution is -2.26. The Morgan fingerprint density at radius 3 is 2.57 bits per heavy atom. The molecule has 2 rings (SSSR count). The van der Waals surface area contributed by atoms with Crippen LogP contribution in [-0.2, 0) is 16.0 Å². The van der Waals surface area contributed by atoms with Crippen LogP contribution in [0.2, 0.25) is 0 Å². The molecule has 9 heteroatoms. The number of nitrogens with zero attached hydrogens (tertiary/aromatic N) is 3. The van der Waals surface area contributed by atoms with Gasteiger partial charge in [0.05, 0.1) is 7.11 Å². The molecular formula is C21H24N4O4S. The predicted octanol–water partition coefficient (Wildman–Crippen LogP) is 3.65. The number of aromatic nitrogens is 2. The molecule has 0 radical (unpaired) electrons. The SMILES string of the molecule is CCc1nnc(NC(=O)/C(C#N)=C\c2ccc(OCC(=O)C(C)(C)C)c(OC)c2)s1. The Morgan fingerprint density at radius 2 is 2.00 bits per heavy atom. The molecule has 0 fully saturated rings. The second kappa shape index (κ2) is 9.98. The van der Waals surface area contributed by atoms with Crippen LogP contribution in [0.4, 0.5) is 5.13 Å². The minimum atomic E-state index is -0.577. The van der Waals surface area contributed by atoms with Crippen LogP contribution in [0.3, 0.4) is 0 Å². The van der Waals surface area contributed by atoms with Gasteiger partial charge in [-0.3, -0.25) is 14.9 Å². The molecule has 0 aliphatic heterocycles. The van der Waals surface area contributed by atoms with E-state index in [0.29, 0.717) is 28.6 Å². The molecule has 1 N–H and O–H groups in total.